The zero-order valence-electron chi connectivity index (χ0n) is 14.8. The second-order valence-corrected chi connectivity index (χ2v) is 7.06. The number of nitrogens with zero attached hydrogens (tertiary/aromatic N) is 1. The Bertz CT molecular complexity index is 717. The number of benzene rings is 1. The van der Waals surface area contributed by atoms with Gasteiger partial charge in [0.25, 0.3) is 0 Å². The molecule has 5 heteroatoms. The summed E-state index contributed by atoms with van der Waals surface area (Å²) in [6, 6.07) is 13.2. The van der Waals surface area contributed by atoms with E-state index in [1.54, 1.807) is 11.2 Å². The molecule has 1 aliphatic heterocycles. The quantitative estimate of drug-likeness (QED) is 0.829. The van der Waals surface area contributed by atoms with Crippen molar-refractivity contribution in [1.82, 2.24) is 4.90 Å². The first kappa shape index (κ1) is 17.1. The average Bonchev–Trinajstić information content (AvgIpc) is 3.08. The summed E-state index contributed by atoms with van der Waals surface area (Å²) >= 11 is 0. The zero-order valence-corrected chi connectivity index (χ0v) is 14.8. The van der Waals surface area contributed by atoms with Gasteiger partial charge in [0.05, 0.1) is 12.3 Å². The van der Waals surface area contributed by atoms with Crippen molar-refractivity contribution >= 4 is 11.8 Å². The molecule has 1 aromatic heterocycles. The van der Waals surface area contributed by atoms with Crippen molar-refractivity contribution < 1.29 is 13.9 Å². The van der Waals surface area contributed by atoms with Crippen LogP contribution in [0.3, 0.4) is 0 Å². The number of nitrogens with one attached hydrogen (secondary N) is 1. The second kappa shape index (κ2) is 7.05. The number of amides is 1. The van der Waals surface area contributed by atoms with E-state index in [0.717, 1.165) is 11.4 Å². The number of anilines is 1. The Hall–Kier alpha value is -2.69. The number of para-hydroxylation sites is 1. The van der Waals surface area contributed by atoms with Crippen molar-refractivity contribution in [3.05, 3.63) is 66.6 Å². The summed E-state index contributed by atoms with van der Waals surface area (Å²) in [5.41, 5.74) is 0.439. The predicted octanol–water partition coefficient (Wildman–Crippen LogP) is 4.61. The van der Waals surface area contributed by atoms with Crippen LogP contribution in [0.4, 0.5) is 10.5 Å². The molecule has 0 radical (unpaired) electrons. The van der Waals surface area contributed by atoms with Crippen molar-refractivity contribution in [3.63, 3.8) is 0 Å². The van der Waals surface area contributed by atoms with Crippen LogP contribution in [0.2, 0.25) is 0 Å². The summed E-state index contributed by atoms with van der Waals surface area (Å²) in [6.45, 7) is 6.08. The summed E-state index contributed by atoms with van der Waals surface area (Å²) in [4.78, 5) is 14.4. The van der Waals surface area contributed by atoms with Gasteiger partial charge < -0.3 is 14.5 Å². The van der Waals surface area contributed by atoms with E-state index in [-0.39, 0.29) is 18.2 Å². The number of ether oxygens (including phenoxy) is 1. The van der Waals surface area contributed by atoms with Gasteiger partial charge in [0.15, 0.2) is 0 Å². The number of carbonyl (C=O) groups excluding carboxylic acids is 1. The van der Waals surface area contributed by atoms with E-state index in [0.29, 0.717) is 6.54 Å². The summed E-state index contributed by atoms with van der Waals surface area (Å²) < 4.78 is 11.2. The largest absolute Gasteiger partial charge is 0.467 e. The molecule has 3 rings (SSSR count). The van der Waals surface area contributed by atoms with Gasteiger partial charge in [0.1, 0.15) is 17.4 Å². The maximum atomic E-state index is 12.7. The van der Waals surface area contributed by atoms with Gasteiger partial charge in [0, 0.05) is 12.2 Å². The van der Waals surface area contributed by atoms with Gasteiger partial charge in [0.2, 0.25) is 0 Å². The average molecular weight is 340 g/mol. The van der Waals surface area contributed by atoms with E-state index in [4.69, 9.17) is 9.15 Å². The molecule has 1 aliphatic rings. The fourth-order valence-electron chi connectivity index (χ4n) is 2.89. The fourth-order valence-corrected chi connectivity index (χ4v) is 2.89. The van der Waals surface area contributed by atoms with Crippen LogP contribution in [0.5, 0.6) is 0 Å². The maximum Gasteiger partial charge on any atom is 0.411 e. The van der Waals surface area contributed by atoms with Gasteiger partial charge in [-0.25, -0.2) is 4.79 Å². The van der Waals surface area contributed by atoms with Crippen LogP contribution in [0, 0.1) is 0 Å². The van der Waals surface area contributed by atoms with E-state index < -0.39 is 5.60 Å². The van der Waals surface area contributed by atoms with Crippen LogP contribution in [-0.4, -0.2) is 29.2 Å². The predicted molar refractivity (Wildman–Crippen MR) is 97.4 cm³/mol. The lowest BCUT2D eigenvalue weighted by Crippen LogP contribution is -2.47. The van der Waals surface area contributed by atoms with Gasteiger partial charge in [-0.1, -0.05) is 30.4 Å². The second-order valence-electron chi connectivity index (χ2n) is 7.06. The molecule has 1 N–H and O–H groups in total. The molecule has 25 heavy (non-hydrogen) atoms. The van der Waals surface area contributed by atoms with Gasteiger partial charge in [-0.2, -0.15) is 0 Å². The van der Waals surface area contributed by atoms with Crippen LogP contribution in [-0.2, 0) is 4.74 Å². The van der Waals surface area contributed by atoms with E-state index in [1.165, 1.54) is 0 Å². The molecule has 1 aromatic carbocycles. The van der Waals surface area contributed by atoms with Crippen molar-refractivity contribution in [2.24, 2.45) is 0 Å². The lowest BCUT2D eigenvalue weighted by molar-refractivity contribution is 0.0144. The molecule has 0 spiro atoms. The molecule has 2 atom stereocenters. The zero-order chi connectivity index (χ0) is 17.9. The van der Waals surface area contributed by atoms with Crippen molar-refractivity contribution in [2.45, 2.75) is 38.5 Å². The fraction of sp³-hybridized carbons (Fsp3) is 0.350. The maximum absolute atomic E-state index is 12.7. The monoisotopic (exact) mass is 340 g/mol. The van der Waals surface area contributed by atoms with Crippen LogP contribution in [0.1, 0.15) is 32.6 Å². The van der Waals surface area contributed by atoms with E-state index in [1.807, 2.05) is 69.3 Å². The topological polar surface area (TPSA) is 54.7 Å². The van der Waals surface area contributed by atoms with Crippen LogP contribution in [0.25, 0.3) is 0 Å². The summed E-state index contributed by atoms with van der Waals surface area (Å²) in [6.07, 6.45) is 5.32. The highest BCUT2D eigenvalue weighted by molar-refractivity contribution is 5.70. The molecule has 132 valence electrons. The first-order valence-corrected chi connectivity index (χ1v) is 8.45. The first-order chi connectivity index (χ1) is 11.9. The van der Waals surface area contributed by atoms with Crippen molar-refractivity contribution in [2.75, 3.05) is 11.9 Å². The lowest BCUT2D eigenvalue weighted by Gasteiger charge is -2.38. The normalized spacial score (nSPS) is 20.4. The van der Waals surface area contributed by atoms with Crippen LogP contribution in [0.15, 0.2) is 65.3 Å². The molecule has 1 amide bonds. The molecule has 2 heterocycles. The summed E-state index contributed by atoms with van der Waals surface area (Å²) in [7, 11) is 0. The third-order valence-corrected chi connectivity index (χ3v) is 3.89. The lowest BCUT2D eigenvalue weighted by atomic mass is 9.99. The van der Waals surface area contributed by atoms with E-state index in [2.05, 4.69) is 11.4 Å². The molecule has 2 aromatic rings. The third kappa shape index (κ3) is 4.24. The number of carbonyl (C=O) groups is 1. The van der Waals surface area contributed by atoms with Crippen LogP contribution >= 0.6 is 0 Å². The molecular formula is C20H24N2O3. The van der Waals surface area contributed by atoms with E-state index >= 15 is 0 Å². The molecule has 0 saturated heterocycles. The minimum atomic E-state index is -0.547. The SMILES string of the molecule is CC(C)(C)OC(=O)N1CC=C[C@H](Nc2ccccc2)[C@H]1c1ccco1. The summed E-state index contributed by atoms with van der Waals surface area (Å²) in [5.74, 6) is 0.726. The third-order valence-electron chi connectivity index (χ3n) is 3.89. The first-order valence-electron chi connectivity index (χ1n) is 8.45. The van der Waals surface area contributed by atoms with Gasteiger partial charge in [-0.05, 0) is 45.0 Å². The standard InChI is InChI=1S/C20H24N2O3/c1-20(2,3)25-19(23)22-13-7-11-16(18(22)17-12-8-14-24-17)21-15-9-5-4-6-10-15/h4-12,14,16,18,21H,13H2,1-3H3/t16-,18-/m0/s1. The van der Waals surface area contributed by atoms with Crippen molar-refractivity contribution in [1.29, 1.82) is 0 Å². The Morgan fingerprint density at radius 2 is 1.96 bits per heavy atom. The van der Waals surface area contributed by atoms with Gasteiger partial charge >= 0.3 is 6.09 Å². The van der Waals surface area contributed by atoms with Crippen molar-refractivity contribution in [3.8, 4) is 0 Å². The van der Waals surface area contributed by atoms with Gasteiger partial charge in [-0.3, -0.25) is 4.90 Å². The highest BCUT2D eigenvalue weighted by Crippen LogP contribution is 2.32. The highest BCUT2D eigenvalue weighted by atomic mass is 16.6. The molecule has 0 saturated carbocycles. The molecular weight excluding hydrogens is 316 g/mol. The number of hydrogen-bond acceptors (Lipinski definition) is 4. The highest BCUT2D eigenvalue weighted by Gasteiger charge is 2.37. The number of hydrogen-bond donors (Lipinski definition) is 1. The Kier molecular flexibility index (Phi) is 4.83. The Labute approximate surface area is 148 Å². The summed E-state index contributed by atoms with van der Waals surface area (Å²) in [5, 5.41) is 3.47. The molecule has 0 unspecified atom stereocenters. The number of rotatable bonds is 3. The molecule has 0 fully saturated rings. The molecule has 0 bridgehead atoms. The Balaban J connectivity index is 1.88. The smallest absolute Gasteiger partial charge is 0.411 e. The minimum Gasteiger partial charge on any atom is -0.467 e. The minimum absolute atomic E-state index is 0.116. The Morgan fingerprint density at radius 1 is 1.20 bits per heavy atom. The van der Waals surface area contributed by atoms with E-state index in [9.17, 15) is 4.79 Å². The van der Waals surface area contributed by atoms with Crippen LogP contribution < -0.4 is 5.32 Å². The van der Waals surface area contributed by atoms with Gasteiger partial charge in [-0.15, -0.1) is 0 Å². The molecule has 5 nitrogen and oxygen atoms in total. The Morgan fingerprint density at radius 3 is 2.60 bits per heavy atom. The molecule has 0 aliphatic carbocycles. The number of furan rings is 1.